The molecule has 0 unspecified atom stereocenters. The van der Waals surface area contributed by atoms with Crippen molar-refractivity contribution in [2.75, 3.05) is 0 Å². The van der Waals surface area contributed by atoms with Crippen LogP contribution in [0.15, 0.2) is 46.9 Å². The topological polar surface area (TPSA) is 70.7 Å². The number of fused-ring (bicyclic) bond motifs is 1. The number of phenols is 1. The molecule has 4 nitrogen and oxygen atoms in total. The Balaban J connectivity index is 2.15. The third kappa shape index (κ3) is 3.81. The molecule has 3 rings (SSSR count). The standard InChI is InChI=1S/C24H26O4/c1-6-15-10-18(23(27)19(11-15)24(3,4)5)16-7-8-20-17(12-16)13-21(28-20)14(2)9-22(25)26/h7-13,27H,6H2,1-5H3,(H,25,26)/b14-9+. The van der Waals surface area contributed by atoms with Crippen molar-refractivity contribution < 1.29 is 19.4 Å². The van der Waals surface area contributed by atoms with Crippen LogP contribution in [0.25, 0.3) is 27.7 Å². The molecule has 146 valence electrons. The maximum atomic E-state index is 11.0. The summed E-state index contributed by atoms with van der Waals surface area (Å²) in [5.41, 5.74) is 4.86. The molecule has 0 saturated carbocycles. The summed E-state index contributed by atoms with van der Waals surface area (Å²) in [6.45, 7) is 10.1. The summed E-state index contributed by atoms with van der Waals surface area (Å²) in [6, 6.07) is 11.7. The number of hydrogen-bond acceptors (Lipinski definition) is 3. The normalized spacial score (nSPS) is 12.5. The van der Waals surface area contributed by atoms with Gasteiger partial charge in [0.2, 0.25) is 0 Å². The Kier molecular flexibility index (Phi) is 5.07. The van der Waals surface area contributed by atoms with Gasteiger partial charge in [0.1, 0.15) is 17.1 Å². The van der Waals surface area contributed by atoms with E-state index in [-0.39, 0.29) is 5.41 Å². The second-order valence-corrected chi connectivity index (χ2v) is 8.17. The van der Waals surface area contributed by atoms with Gasteiger partial charge in [-0.1, -0.05) is 39.8 Å². The second-order valence-electron chi connectivity index (χ2n) is 8.17. The van der Waals surface area contributed by atoms with Gasteiger partial charge >= 0.3 is 5.97 Å². The monoisotopic (exact) mass is 378 g/mol. The van der Waals surface area contributed by atoms with E-state index in [0.29, 0.717) is 22.7 Å². The zero-order chi connectivity index (χ0) is 20.6. The van der Waals surface area contributed by atoms with E-state index in [9.17, 15) is 9.90 Å². The Labute approximate surface area is 165 Å². The van der Waals surface area contributed by atoms with E-state index in [1.54, 1.807) is 6.92 Å². The number of aromatic hydroxyl groups is 1. The third-order valence-electron chi connectivity index (χ3n) is 4.94. The van der Waals surface area contributed by atoms with Crippen LogP contribution in [0, 0.1) is 0 Å². The molecule has 0 saturated heterocycles. The molecule has 1 aromatic heterocycles. The Morgan fingerprint density at radius 3 is 2.46 bits per heavy atom. The number of aryl methyl sites for hydroxylation is 1. The van der Waals surface area contributed by atoms with E-state index >= 15 is 0 Å². The van der Waals surface area contributed by atoms with Gasteiger partial charge in [0.05, 0.1) is 0 Å². The molecule has 0 atom stereocenters. The molecule has 0 bridgehead atoms. The molecule has 0 aliphatic carbocycles. The zero-order valence-corrected chi connectivity index (χ0v) is 17.0. The lowest BCUT2D eigenvalue weighted by Crippen LogP contribution is -2.12. The van der Waals surface area contributed by atoms with E-state index in [4.69, 9.17) is 9.52 Å². The fourth-order valence-corrected chi connectivity index (χ4v) is 3.35. The molecular weight excluding hydrogens is 352 g/mol. The van der Waals surface area contributed by atoms with E-state index in [1.165, 1.54) is 5.56 Å². The number of carboxylic acid groups (broad SMARTS) is 1. The Hall–Kier alpha value is -3.01. The van der Waals surface area contributed by atoms with Crippen LogP contribution in [-0.4, -0.2) is 16.2 Å². The van der Waals surface area contributed by atoms with E-state index < -0.39 is 5.97 Å². The lowest BCUT2D eigenvalue weighted by atomic mass is 9.82. The molecule has 1 heterocycles. The van der Waals surface area contributed by atoms with Crippen molar-refractivity contribution in [2.24, 2.45) is 0 Å². The Bertz CT molecular complexity index is 1080. The van der Waals surface area contributed by atoms with Crippen LogP contribution in [0.2, 0.25) is 0 Å². The molecule has 3 aromatic rings. The van der Waals surface area contributed by atoms with Gasteiger partial charge in [0.15, 0.2) is 0 Å². The van der Waals surface area contributed by atoms with Crippen molar-refractivity contribution in [3.8, 4) is 16.9 Å². The van der Waals surface area contributed by atoms with Gasteiger partial charge in [0, 0.05) is 22.6 Å². The van der Waals surface area contributed by atoms with E-state index in [1.807, 2.05) is 30.3 Å². The number of allylic oxidation sites excluding steroid dienone is 1. The predicted octanol–water partition coefficient (Wildman–Crippen LogP) is 6.15. The van der Waals surface area contributed by atoms with Gasteiger partial charge in [-0.05, 0) is 59.7 Å². The quantitative estimate of drug-likeness (QED) is 0.534. The highest BCUT2D eigenvalue weighted by atomic mass is 16.4. The predicted molar refractivity (Wildman–Crippen MR) is 113 cm³/mol. The average Bonchev–Trinajstić information content (AvgIpc) is 3.03. The number of phenolic OH excluding ortho intramolecular Hbond substituents is 1. The van der Waals surface area contributed by atoms with Crippen molar-refractivity contribution in [3.05, 3.63) is 59.4 Å². The maximum absolute atomic E-state index is 11.0. The van der Waals surface area contributed by atoms with Crippen molar-refractivity contribution >= 4 is 22.5 Å². The highest BCUT2D eigenvalue weighted by Crippen LogP contribution is 2.40. The van der Waals surface area contributed by atoms with Crippen LogP contribution in [0.5, 0.6) is 5.75 Å². The van der Waals surface area contributed by atoms with Crippen LogP contribution in [0.4, 0.5) is 0 Å². The van der Waals surface area contributed by atoms with Crippen molar-refractivity contribution in [1.82, 2.24) is 0 Å². The fraction of sp³-hybridized carbons (Fsp3) is 0.292. The molecule has 28 heavy (non-hydrogen) atoms. The summed E-state index contributed by atoms with van der Waals surface area (Å²) in [7, 11) is 0. The number of hydrogen-bond donors (Lipinski definition) is 2. The summed E-state index contributed by atoms with van der Waals surface area (Å²) < 4.78 is 5.78. The van der Waals surface area contributed by atoms with Crippen molar-refractivity contribution in [3.63, 3.8) is 0 Å². The maximum Gasteiger partial charge on any atom is 0.328 e. The number of carboxylic acids is 1. The molecule has 2 aromatic carbocycles. The van der Waals surface area contributed by atoms with Crippen LogP contribution in [0.3, 0.4) is 0 Å². The Morgan fingerprint density at radius 2 is 1.86 bits per heavy atom. The number of furan rings is 1. The number of rotatable bonds is 4. The first-order valence-corrected chi connectivity index (χ1v) is 9.42. The largest absolute Gasteiger partial charge is 0.507 e. The smallest absolute Gasteiger partial charge is 0.328 e. The lowest BCUT2D eigenvalue weighted by Gasteiger charge is -2.23. The van der Waals surface area contributed by atoms with Crippen LogP contribution < -0.4 is 0 Å². The van der Waals surface area contributed by atoms with Gasteiger partial charge in [-0.2, -0.15) is 0 Å². The minimum absolute atomic E-state index is 0.171. The first kappa shape index (κ1) is 19.7. The highest BCUT2D eigenvalue weighted by molar-refractivity contribution is 5.92. The summed E-state index contributed by atoms with van der Waals surface area (Å²) in [5.74, 6) is -0.180. The molecule has 0 radical (unpaired) electrons. The lowest BCUT2D eigenvalue weighted by molar-refractivity contribution is -0.131. The summed E-state index contributed by atoms with van der Waals surface area (Å²) in [5, 5.41) is 20.8. The number of benzene rings is 2. The van der Waals surface area contributed by atoms with Crippen molar-refractivity contribution in [1.29, 1.82) is 0 Å². The number of aliphatic carboxylic acids is 1. The average molecular weight is 378 g/mol. The summed E-state index contributed by atoms with van der Waals surface area (Å²) in [6.07, 6.45) is 2.01. The molecule has 0 amide bonds. The van der Waals surface area contributed by atoms with Gasteiger partial charge < -0.3 is 14.6 Å². The second kappa shape index (κ2) is 7.19. The third-order valence-corrected chi connectivity index (χ3v) is 4.94. The van der Waals surface area contributed by atoms with Gasteiger partial charge in [-0.25, -0.2) is 4.79 Å². The van der Waals surface area contributed by atoms with Crippen LogP contribution >= 0.6 is 0 Å². The van der Waals surface area contributed by atoms with Crippen molar-refractivity contribution in [2.45, 2.75) is 46.5 Å². The van der Waals surface area contributed by atoms with Crippen LogP contribution in [-0.2, 0) is 16.6 Å². The molecule has 0 spiro atoms. The number of carbonyl (C=O) groups is 1. The van der Waals surface area contributed by atoms with Crippen LogP contribution in [0.1, 0.15) is 51.5 Å². The first-order valence-electron chi connectivity index (χ1n) is 9.42. The van der Waals surface area contributed by atoms with E-state index in [2.05, 4.69) is 33.8 Å². The molecule has 0 aliphatic rings. The molecule has 0 aliphatic heterocycles. The molecular formula is C24H26O4. The highest BCUT2D eigenvalue weighted by Gasteiger charge is 2.22. The summed E-state index contributed by atoms with van der Waals surface area (Å²) >= 11 is 0. The van der Waals surface area contributed by atoms with Gasteiger partial charge in [-0.3, -0.25) is 0 Å². The van der Waals surface area contributed by atoms with Gasteiger partial charge in [0.25, 0.3) is 0 Å². The van der Waals surface area contributed by atoms with Gasteiger partial charge in [-0.15, -0.1) is 0 Å². The minimum atomic E-state index is -1.00. The fourth-order valence-electron chi connectivity index (χ4n) is 3.35. The minimum Gasteiger partial charge on any atom is -0.507 e. The SMILES string of the molecule is CCc1cc(-c2ccc3oc(/C(C)=C/C(=O)O)cc3c2)c(O)c(C(C)(C)C)c1. The molecule has 2 N–H and O–H groups in total. The molecule has 0 fully saturated rings. The van der Waals surface area contributed by atoms with E-state index in [0.717, 1.165) is 34.6 Å². The zero-order valence-electron chi connectivity index (χ0n) is 17.0. The first-order chi connectivity index (χ1) is 13.1. The summed E-state index contributed by atoms with van der Waals surface area (Å²) in [4.78, 5) is 10.9. The molecule has 4 heteroatoms. The Morgan fingerprint density at radius 1 is 1.14 bits per heavy atom.